The third-order valence-electron chi connectivity index (χ3n) is 3.45. The molecular weight excluding hydrogens is 390 g/mol. The number of rotatable bonds is 4. The lowest BCUT2D eigenvalue weighted by Gasteiger charge is -2.22. The molecule has 0 spiro atoms. The molecule has 0 aromatic carbocycles. The molecule has 164 valence electrons. The summed E-state index contributed by atoms with van der Waals surface area (Å²) in [4.78, 5) is 38.5. The molecule has 2 rings (SSSR count). The Bertz CT molecular complexity index is 885. The van der Waals surface area contributed by atoms with Crippen LogP contribution in [-0.2, 0) is 9.47 Å². The topological polar surface area (TPSA) is 124 Å². The summed E-state index contributed by atoms with van der Waals surface area (Å²) in [6.45, 7) is 12.3. The van der Waals surface area contributed by atoms with Crippen molar-refractivity contribution in [2.24, 2.45) is 0 Å². The van der Waals surface area contributed by atoms with E-state index in [0.717, 1.165) is 0 Å². The van der Waals surface area contributed by atoms with Crippen molar-refractivity contribution < 1.29 is 19.1 Å². The molecule has 11 heteroatoms. The Morgan fingerprint density at radius 3 is 2.17 bits per heavy atom. The molecule has 0 fully saturated rings. The molecule has 1 atom stereocenters. The van der Waals surface area contributed by atoms with Crippen LogP contribution in [0, 0.1) is 0 Å². The van der Waals surface area contributed by atoms with Crippen LogP contribution in [0.2, 0.25) is 0 Å². The van der Waals surface area contributed by atoms with Crippen molar-refractivity contribution in [1.82, 2.24) is 30.0 Å². The van der Waals surface area contributed by atoms with Gasteiger partial charge in [-0.1, -0.05) is 0 Å². The molecule has 0 saturated carbocycles. The number of carbonyl (C=O) groups is 2. The van der Waals surface area contributed by atoms with Gasteiger partial charge >= 0.3 is 12.2 Å². The number of carbonyl (C=O) groups excluding carboxylic acids is 2. The molecule has 11 nitrogen and oxygen atoms in total. The summed E-state index contributed by atoms with van der Waals surface area (Å²) in [7, 11) is 1.50. The van der Waals surface area contributed by atoms with Crippen LogP contribution >= 0.6 is 0 Å². The van der Waals surface area contributed by atoms with Crippen LogP contribution in [0.5, 0.6) is 0 Å². The van der Waals surface area contributed by atoms with Gasteiger partial charge in [-0.05, 0) is 54.5 Å². The maximum Gasteiger partial charge on any atom is 0.416 e. The standard InChI is InChI=1S/C19H29N7O4/c1-12(22-16(27)29-18(2,3)4)13-23-15(25(8)17(28)30-19(5,6)7)24-26(13)14-20-10-9-11-21-14/h9-12H,1-8H3,(H,22,27)/t12-/m0/s1. The number of alkyl carbamates (subject to hydrolysis) is 1. The van der Waals surface area contributed by atoms with E-state index < -0.39 is 29.4 Å². The fourth-order valence-electron chi connectivity index (χ4n) is 2.24. The molecule has 0 saturated heterocycles. The number of aromatic nitrogens is 5. The first kappa shape index (κ1) is 23.0. The van der Waals surface area contributed by atoms with Gasteiger partial charge in [-0.25, -0.2) is 24.5 Å². The average Bonchev–Trinajstić information content (AvgIpc) is 3.04. The number of ether oxygens (including phenoxy) is 2. The molecule has 2 aromatic heterocycles. The Balaban J connectivity index is 2.36. The van der Waals surface area contributed by atoms with E-state index in [2.05, 4.69) is 25.4 Å². The molecule has 1 N–H and O–H groups in total. The fraction of sp³-hybridized carbons (Fsp3) is 0.579. The zero-order chi connectivity index (χ0) is 22.7. The van der Waals surface area contributed by atoms with Crippen molar-refractivity contribution in [2.75, 3.05) is 11.9 Å². The summed E-state index contributed by atoms with van der Waals surface area (Å²) in [5.74, 6) is 0.628. The predicted octanol–water partition coefficient (Wildman–Crippen LogP) is 3.01. The fourth-order valence-corrected chi connectivity index (χ4v) is 2.24. The lowest BCUT2D eigenvalue weighted by molar-refractivity contribution is 0.0503. The lowest BCUT2D eigenvalue weighted by atomic mass is 10.2. The smallest absolute Gasteiger partial charge is 0.416 e. The van der Waals surface area contributed by atoms with Crippen molar-refractivity contribution in [2.45, 2.75) is 65.7 Å². The summed E-state index contributed by atoms with van der Waals surface area (Å²) < 4.78 is 12.0. The van der Waals surface area contributed by atoms with Crippen molar-refractivity contribution in [3.63, 3.8) is 0 Å². The van der Waals surface area contributed by atoms with E-state index in [0.29, 0.717) is 5.82 Å². The molecule has 2 heterocycles. The van der Waals surface area contributed by atoms with Gasteiger partial charge in [-0.3, -0.25) is 0 Å². The van der Waals surface area contributed by atoms with Gasteiger partial charge in [0, 0.05) is 19.4 Å². The highest BCUT2D eigenvalue weighted by atomic mass is 16.6. The number of nitrogens with one attached hydrogen (secondary N) is 1. The molecule has 2 aromatic rings. The first-order valence-electron chi connectivity index (χ1n) is 9.47. The highest BCUT2D eigenvalue weighted by molar-refractivity contribution is 5.84. The van der Waals surface area contributed by atoms with E-state index in [1.165, 1.54) is 16.6 Å². The minimum Gasteiger partial charge on any atom is -0.444 e. The number of nitrogens with zero attached hydrogens (tertiary/aromatic N) is 6. The van der Waals surface area contributed by atoms with E-state index in [4.69, 9.17) is 9.47 Å². The van der Waals surface area contributed by atoms with Crippen molar-refractivity contribution in [3.8, 4) is 5.95 Å². The Morgan fingerprint density at radius 1 is 1.07 bits per heavy atom. The van der Waals surface area contributed by atoms with Gasteiger partial charge in [0.2, 0.25) is 0 Å². The van der Waals surface area contributed by atoms with Crippen LogP contribution in [-0.4, -0.2) is 55.2 Å². The normalized spacial score (nSPS) is 12.8. The van der Waals surface area contributed by atoms with Crippen LogP contribution < -0.4 is 10.2 Å². The SMILES string of the molecule is C[C@H](NC(=O)OC(C)(C)C)c1nc(N(C)C(=O)OC(C)(C)C)nn1-c1ncccn1. The van der Waals surface area contributed by atoms with Gasteiger partial charge in [0.15, 0.2) is 5.82 Å². The second-order valence-electron chi connectivity index (χ2n) is 8.64. The van der Waals surface area contributed by atoms with Crippen molar-refractivity contribution in [1.29, 1.82) is 0 Å². The summed E-state index contributed by atoms with van der Waals surface area (Å²) in [5, 5.41) is 7.06. The molecule has 0 aliphatic rings. The Labute approximate surface area is 175 Å². The highest BCUT2D eigenvalue weighted by Crippen LogP contribution is 2.20. The quantitative estimate of drug-likeness (QED) is 0.802. The molecule has 0 bridgehead atoms. The van der Waals surface area contributed by atoms with Gasteiger partial charge < -0.3 is 14.8 Å². The largest absolute Gasteiger partial charge is 0.444 e. The van der Waals surface area contributed by atoms with Gasteiger partial charge in [0.1, 0.15) is 11.2 Å². The minimum atomic E-state index is -0.676. The highest BCUT2D eigenvalue weighted by Gasteiger charge is 2.28. The lowest BCUT2D eigenvalue weighted by Crippen LogP contribution is -2.35. The number of amides is 2. The molecule has 0 unspecified atom stereocenters. The van der Waals surface area contributed by atoms with Gasteiger partial charge in [-0.2, -0.15) is 9.67 Å². The molecule has 2 amide bonds. The molecule has 0 aliphatic heterocycles. The van der Waals surface area contributed by atoms with E-state index in [1.807, 2.05) is 0 Å². The van der Waals surface area contributed by atoms with E-state index in [-0.39, 0.29) is 11.9 Å². The monoisotopic (exact) mass is 419 g/mol. The number of hydrogen-bond acceptors (Lipinski definition) is 8. The summed E-state index contributed by atoms with van der Waals surface area (Å²) >= 11 is 0. The second kappa shape index (κ2) is 8.64. The minimum absolute atomic E-state index is 0.0736. The first-order valence-corrected chi connectivity index (χ1v) is 9.47. The van der Waals surface area contributed by atoms with Crippen molar-refractivity contribution in [3.05, 3.63) is 24.3 Å². The Kier molecular flexibility index (Phi) is 6.63. The maximum atomic E-state index is 12.4. The van der Waals surface area contributed by atoms with Crippen LogP contribution in [0.3, 0.4) is 0 Å². The zero-order valence-electron chi connectivity index (χ0n) is 18.6. The molecule has 0 aliphatic carbocycles. The van der Waals surface area contributed by atoms with Gasteiger partial charge in [-0.15, -0.1) is 5.10 Å². The summed E-state index contributed by atoms with van der Waals surface area (Å²) in [6.07, 6.45) is 1.88. The second-order valence-corrected chi connectivity index (χ2v) is 8.64. The first-order chi connectivity index (χ1) is 13.8. The Morgan fingerprint density at radius 2 is 1.63 bits per heavy atom. The van der Waals surface area contributed by atoms with E-state index in [1.54, 1.807) is 66.9 Å². The predicted molar refractivity (Wildman–Crippen MR) is 109 cm³/mol. The van der Waals surface area contributed by atoms with E-state index in [9.17, 15) is 9.59 Å². The van der Waals surface area contributed by atoms with E-state index >= 15 is 0 Å². The Hall–Kier alpha value is -3.24. The summed E-state index contributed by atoms with van der Waals surface area (Å²) in [5.41, 5.74) is -1.33. The average molecular weight is 419 g/mol. The maximum absolute atomic E-state index is 12.4. The number of hydrogen-bond donors (Lipinski definition) is 1. The number of anilines is 1. The zero-order valence-corrected chi connectivity index (χ0v) is 18.6. The van der Waals surface area contributed by atoms with Gasteiger partial charge in [0.05, 0.1) is 6.04 Å². The molecular formula is C19H29N7O4. The summed E-state index contributed by atoms with van der Waals surface area (Å²) in [6, 6.07) is 1.05. The van der Waals surface area contributed by atoms with Crippen molar-refractivity contribution >= 4 is 18.1 Å². The van der Waals surface area contributed by atoms with Crippen LogP contribution in [0.4, 0.5) is 15.5 Å². The molecule has 0 radical (unpaired) electrons. The van der Waals surface area contributed by atoms with Crippen LogP contribution in [0.25, 0.3) is 5.95 Å². The van der Waals surface area contributed by atoms with Crippen LogP contribution in [0.15, 0.2) is 18.5 Å². The van der Waals surface area contributed by atoms with Gasteiger partial charge in [0.25, 0.3) is 11.9 Å². The van der Waals surface area contributed by atoms with Crippen LogP contribution in [0.1, 0.15) is 60.3 Å². The third kappa shape index (κ3) is 6.39. The third-order valence-corrected chi connectivity index (χ3v) is 3.45. The molecule has 30 heavy (non-hydrogen) atoms.